The van der Waals surface area contributed by atoms with Gasteiger partial charge in [-0.2, -0.15) is 0 Å². The fraction of sp³-hybridized carbons (Fsp3) is 0.273. The van der Waals surface area contributed by atoms with Gasteiger partial charge in [-0.05, 0) is 47.6 Å². The molecule has 2 heterocycles. The van der Waals surface area contributed by atoms with Crippen LogP contribution < -0.4 is 4.74 Å². The lowest BCUT2D eigenvalue weighted by Crippen LogP contribution is -2.30. The Bertz CT molecular complexity index is 855. The van der Waals surface area contributed by atoms with Crippen LogP contribution in [0.1, 0.15) is 18.4 Å². The number of benzene rings is 2. The van der Waals surface area contributed by atoms with Crippen molar-refractivity contribution < 1.29 is 10.2 Å². The van der Waals surface area contributed by atoms with Gasteiger partial charge < -0.3 is 15.2 Å². The van der Waals surface area contributed by atoms with Gasteiger partial charge in [0.2, 0.25) is 0 Å². The van der Waals surface area contributed by atoms with Crippen LogP contribution in [0.4, 0.5) is 0 Å². The minimum absolute atomic E-state index is 0. The lowest BCUT2D eigenvalue weighted by molar-refractivity contribution is 0.248. The summed E-state index contributed by atoms with van der Waals surface area (Å²) in [4.78, 5) is 5.73. The number of nitrogens with zero attached hydrogens (tertiary/aromatic N) is 1. The molecule has 1 aliphatic heterocycles. The second-order valence-electron chi connectivity index (χ2n) is 6.57. The van der Waals surface area contributed by atoms with Crippen LogP contribution in [0.5, 0.6) is 5.75 Å². The number of H-pyrrole nitrogens is 1. The zero-order valence-electron chi connectivity index (χ0n) is 14.9. The minimum atomic E-state index is 0. The number of hydrogen-bond acceptors (Lipinski definition) is 2. The summed E-state index contributed by atoms with van der Waals surface area (Å²) in [5.74, 6) is 0.944. The van der Waals surface area contributed by atoms with Gasteiger partial charge in [0.05, 0.1) is 6.61 Å². The zero-order chi connectivity index (χ0) is 16.9. The summed E-state index contributed by atoms with van der Waals surface area (Å²) in [6, 6.07) is 19.0. The van der Waals surface area contributed by atoms with Gasteiger partial charge in [0.15, 0.2) is 0 Å². The first-order valence-corrected chi connectivity index (χ1v) is 9.05. The monoisotopic (exact) mass is 350 g/mol. The van der Waals surface area contributed by atoms with Crippen molar-refractivity contribution in [3.63, 3.8) is 0 Å². The van der Waals surface area contributed by atoms with E-state index in [2.05, 4.69) is 64.5 Å². The molecule has 4 rings (SSSR count). The highest BCUT2D eigenvalue weighted by Crippen LogP contribution is 2.22. The SMILES string of the molecule is C1=C(c2ccccc2)CCN(CCCOc2ccc3cc[nH]c3c2)C1.O. The fourth-order valence-electron chi connectivity index (χ4n) is 3.42. The van der Waals surface area contributed by atoms with Gasteiger partial charge in [-0.1, -0.05) is 36.4 Å². The first-order valence-electron chi connectivity index (χ1n) is 9.05. The first-order chi connectivity index (χ1) is 12.4. The largest absolute Gasteiger partial charge is 0.493 e. The molecule has 3 aromatic rings. The van der Waals surface area contributed by atoms with Gasteiger partial charge in [0.25, 0.3) is 0 Å². The van der Waals surface area contributed by atoms with Gasteiger partial charge in [0.1, 0.15) is 5.75 Å². The molecule has 0 amide bonds. The van der Waals surface area contributed by atoms with Gasteiger partial charge in [0, 0.05) is 37.4 Å². The fourth-order valence-corrected chi connectivity index (χ4v) is 3.42. The van der Waals surface area contributed by atoms with E-state index in [1.54, 1.807) is 0 Å². The van der Waals surface area contributed by atoms with Gasteiger partial charge in [-0.15, -0.1) is 0 Å². The Hall–Kier alpha value is -2.56. The summed E-state index contributed by atoms with van der Waals surface area (Å²) >= 11 is 0. The summed E-state index contributed by atoms with van der Waals surface area (Å²) in [6.07, 6.45) is 6.52. The van der Waals surface area contributed by atoms with Crippen LogP contribution in [0.3, 0.4) is 0 Å². The summed E-state index contributed by atoms with van der Waals surface area (Å²) in [7, 11) is 0. The third-order valence-corrected chi connectivity index (χ3v) is 4.85. The highest BCUT2D eigenvalue weighted by Gasteiger charge is 2.12. The lowest BCUT2D eigenvalue weighted by atomic mass is 9.99. The molecule has 136 valence electrons. The van der Waals surface area contributed by atoms with E-state index in [0.29, 0.717) is 0 Å². The van der Waals surface area contributed by atoms with E-state index in [4.69, 9.17) is 4.74 Å². The van der Waals surface area contributed by atoms with Crippen molar-refractivity contribution >= 4 is 16.5 Å². The quantitative estimate of drug-likeness (QED) is 0.685. The van der Waals surface area contributed by atoms with Crippen LogP contribution in [0.15, 0.2) is 66.9 Å². The summed E-state index contributed by atoms with van der Waals surface area (Å²) < 4.78 is 5.90. The molecule has 0 spiro atoms. The molecule has 4 nitrogen and oxygen atoms in total. The molecule has 0 radical (unpaired) electrons. The predicted molar refractivity (Wildman–Crippen MR) is 108 cm³/mol. The number of nitrogens with one attached hydrogen (secondary N) is 1. The van der Waals surface area contributed by atoms with Crippen molar-refractivity contribution in [1.82, 2.24) is 9.88 Å². The Morgan fingerprint density at radius 1 is 1.04 bits per heavy atom. The standard InChI is InChI=1S/C22H24N2O.H2O/c1-2-5-18(6-3-1)19-10-14-24(15-11-19)13-4-16-25-21-8-7-20-9-12-23-22(20)17-21;/h1-3,5-10,12,17,23H,4,11,13-16H2;1H2. The summed E-state index contributed by atoms with van der Waals surface area (Å²) in [5, 5.41) is 1.22. The van der Waals surface area contributed by atoms with Crippen LogP contribution in [0.2, 0.25) is 0 Å². The third-order valence-electron chi connectivity index (χ3n) is 4.85. The highest BCUT2D eigenvalue weighted by molar-refractivity contribution is 5.80. The van der Waals surface area contributed by atoms with Crippen LogP contribution in [-0.4, -0.2) is 41.6 Å². The van der Waals surface area contributed by atoms with Crippen molar-refractivity contribution in [2.75, 3.05) is 26.2 Å². The normalized spacial score (nSPS) is 14.7. The average molecular weight is 350 g/mol. The van der Waals surface area contributed by atoms with Crippen LogP contribution in [-0.2, 0) is 0 Å². The molecule has 0 aliphatic carbocycles. The van der Waals surface area contributed by atoms with Crippen LogP contribution in [0.25, 0.3) is 16.5 Å². The number of hydrogen-bond donors (Lipinski definition) is 1. The second-order valence-corrected chi connectivity index (χ2v) is 6.57. The Labute approximate surface area is 154 Å². The molecular formula is C22H26N2O2. The number of aromatic amines is 1. The Morgan fingerprint density at radius 3 is 2.73 bits per heavy atom. The first kappa shape index (κ1) is 18.2. The zero-order valence-corrected chi connectivity index (χ0v) is 14.9. The van der Waals surface area contributed by atoms with Crippen LogP contribution in [0, 0.1) is 0 Å². The maximum atomic E-state index is 5.90. The number of ether oxygens (including phenoxy) is 1. The molecule has 0 saturated heterocycles. The average Bonchev–Trinajstić information content (AvgIpc) is 3.14. The van der Waals surface area contributed by atoms with Gasteiger partial charge in [-0.25, -0.2) is 0 Å². The van der Waals surface area contributed by atoms with Crippen molar-refractivity contribution in [2.45, 2.75) is 12.8 Å². The summed E-state index contributed by atoms with van der Waals surface area (Å²) in [6.45, 7) is 4.02. The molecule has 1 aromatic heterocycles. The Balaban J connectivity index is 0.00000196. The molecular weight excluding hydrogens is 324 g/mol. The molecule has 0 fully saturated rings. The molecule has 0 atom stereocenters. The van der Waals surface area contributed by atoms with E-state index >= 15 is 0 Å². The highest BCUT2D eigenvalue weighted by atomic mass is 16.5. The van der Waals surface area contributed by atoms with E-state index in [0.717, 1.165) is 50.3 Å². The summed E-state index contributed by atoms with van der Waals surface area (Å²) in [5.41, 5.74) is 3.98. The van der Waals surface area contributed by atoms with E-state index in [1.165, 1.54) is 16.5 Å². The van der Waals surface area contributed by atoms with E-state index in [9.17, 15) is 0 Å². The Kier molecular flexibility index (Phi) is 6.10. The smallest absolute Gasteiger partial charge is 0.121 e. The van der Waals surface area contributed by atoms with Crippen molar-refractivity contribution in [2.24, 2.45) is 0 Å². The number of fused-ring (bicyclic) bond motifs is 1. The number of rotatable bonds is 6. The van der Waals surface area contributed by atoms with E-state index in [1.807, 2.05) is 12.3 Å². The topological polar surface area (TPSA) is 59.8 Å². The third kappa shape index (κ3) is 4.34. The Morgan fingerprint density at radius 2 is 1.92 bits per heavy atom. The molecule has 2 aromatic carbocycles. The van der Waals surface area contributed by atoms with Gasteiger partial charge in [-0.3, -0.25) is 4.90 Å². The molecule has 0 unspecified atom stereocenters. The molecule has 4 heteroatoms. The minimum Gasteiger partial charge on any atom is -0.493 e. The molecule has 0 bridgehead atoms. The molecule has 3 N–H and O–H groups in total. The molecule has 26 heavy (non-hydrogen) atoms. The maximum Gasteiger partial charge on any atom is 0.121 e. The second kappa shape index (κ2) is 8.70. The van der Waals surface area contributed by atoms with E-state index in [-0.39, 0.29) is 5.48 Å². The van der Waals surface area contributed by atoms with E-state index < -0.39 is 0 Å². The van der Waals surface area contributed by atoms with Crippen LogP contribution >= 0.6 is 0 Å². The maximum absolute atomic E-state index is 5.90. The number of aromatic nitrogens is 1. The van der Waals surface area contributed by atoms with Crippen molar-refractivity contribution in [1.29, 1.82) is 0 Å². The molecule has 0 saturated carbocycles. The molecule has 1 aliphatic rings. The van der Waals surface area contributed by atoms with Crippen molar-refractivity contribution in [3.05, 3.63) is 72.4 Å². The van der Waals surface area contributed by atoms with Crippen molar-refractivity contribution in [3.8, 4) is 5.75 Å². The lowest BCUT2D eigenvalue weighted by Gasteiger charge is -2.26. The van der Waals surface area contributed by atoms with Gasteiger partial charge >= 0.3 is 0 Å². The predicted octanol–water partition coefficient (Wildman–Crippen LogP) is 3.90.